The van der Waals surface area contributed by atoms with Crippen LogP contribution in [0.3, 0.4) is 0 Å². The fourth-order valence-corrected chi connectivity index (χ4v) is 3.60. The number of hydrogen-bond donors (Lipinski definition) is 1. The summed E-state index contributed by atoms with van der Waals surface area (Å²) in [5.74, 6) is 0.469. The average molecular weight is 377 g/mol. The molecule has 2 aromatic rings. The van der Waals surface area contributed by atoms with Crippen LogP contribution < -0.4 is 9.46 Å². The van der Waals surface area contributed by atoms with Crippen molar-refractivity contribution in [2.45, 2.75) is 11.8 Å². The van der Waals surface area contributed by atoms with Crippen LogP contribution >= 0.6 is 0 Å². The molecule has 0 amide bonds. The first-order valence-corrected chi connectivity index (χ1v) is 10.00. The van der Waals surface area contributed by atoms with Crippen molar-refractivity contribution in [3.63, 3.8) is 0 Å². The van der Waals surface area contributed by atoms with Gasteiger partial charge in [0.15, 0.2) is 0 Å². The number of nitrogens with zero attached hydrogens (tertiary/aromatic N) is 2. The number of hydrogen-bond acceptors (Lipinski definition) is 6. The fraction of sp³-hybridized carbons (Fsp3) is 0.389. The molecule has 0 bridgehead atoms. The lowest BCUT2D eigenvalue weighted by Crippen LogP contribution is -2.38. The highest BCUT2D eigenvalue weighted by Crippen LogP contribution is 2.17. The summed E-state index contributed by atoms with van der Waals surface area (Å²) >= 11 is 0. The summed E-state index contributed by atoms with van der Waals surface area (Å²) in [4.78, 5) is 6.65. The summed E-state index contributed by atoms with van der Waals surface area (Å²) in [6.07, 6.45) is 1.45. The van der Waals surface area contributed by atoms with Gasteiger partial charge in [-0.25, -0.2) is 13.4 Å². The second kappa shape index (κ2) is 8.48. The van der Waals surface area contributed by atoms with Gasteiger partial charge in [0.1, 0.15) is 6.61 Å². The van der Waals surface area contributed by atoms with Crippen LogP contribution in [0.25, 0.3) is 0 Å². The molecule has 8 heteroatoms. The van der Waals surface area contributed by atoms with Gasteiger partial charge in [-0.2, -0.15) is 0 Å². The van der Waals surface area contributed by atoms with Crippen molar-refractivity contribution < 1.29 is 17.9 Å². The summed E-state index contributed by atoms with van der Waals surface area (Å²) < 4.78 is 38.2. The molecule has 2 heterocycles. The van der Waals surface area contributed by atoms with E-state index in [0.29, 0.717) is 18.2 Å². The zero-order valence-corrected chi connectivity index (χ0v) is 15.5. The predicted octanol–water partition coefficient (Wildman–Crippen LogP) is 1.90. The van der Waals surface area contributed by atoms with E-state index in [1.807, 2.05) is 6.92 Å². The number of ether oxygens (including phenoxy) is 2. The molecule has 3 rings (SSSR count). The molecule has 1 aliphatic rings. The Bertz CT molecular complexity index is 801. The van der Waals surface area contributed by atoms with Gasteiger partial charge in [-0.15, -0.1) is 0 Å². The quantitative estimate of drug-likeness (QED) is 0.794. The third-order valence-corrected chi connectivity index (χ3v) is 5.48. The Labute approximate surface area is 154 Å². The average Bonchev–Trinajstić information content (AvgIpc) is 2.64. The van der Waals surface area contributed by atoms with Crippen LogP contribution in [0.4, 0.5) is 5.69 Å². The maximum Gasteiger partial charge on any atom is 0.261 e. The molecule has 1 N–H and O–H groups in total. The van der Waals surface area contributed by atoms with Crippen LogP contribution in [0.1, 0.15) is 5.56 Å². The molecular formula is C18H23N3O4S. The maximum absolute atomic E-state index is 12.4. The normalized spacial score (nSPS) is 15.6. The molecular weight excluding hydrogens is 354 g/mol. The zero-order chi connectivity index (χ0) is 18.4. The second-order valence-corrected chi connectivity index (χ2v) is 7.79. The molecule has 0 radical (unpaired) electrons. The van der Waals surface area contributed by atoms with Crippen molar-refractivity contribution in [3.8, 4) is 5.88 Å². The summed E-state index contributed by atoms with van der Waals surface area (Å²) in [6, 6.07) is 9.98. The van der Waals surface area contributed by atoms with E-state index in [-0.39, 0.29) is 4.90 Å². The van der Waals surface area contributed by atoms with Gasteiger partial charge in [-0.1, -0.05) is 17.7 Å². The third-order valence-electron chi connectivity index (χ3n) is 4.08. The summed E-state index contributed by atoms with van der Waals surface area (Å²) in [7, 11) is -3.62. The topological polar surface area (TPSA) is 80.8 Å². The Morgan fingerprint density at radius 2 is 1.88 bits per heavy atom. The van der Waals surface area contributed by atoms with Crippen molar-refractivity contribution in [2.75, 3.05) is 44.2 Å². The van der Waals surface area contributed by atoms with E-state index in [0.717, 1.165) is 38.4 Å². The van der Waals surface area contributed by atoms with Gasteiger partial charge in [-0.3, -0.25) is 9.62 Å². The SMILES string of the molecule is Cc1ccc(S(=O)(=O)Nc2ccc(OCCN3CCOCC3)nc2)cc1. The first-order valence-electron chi connectivity index (χ1n) is 8.51. The van der Waals surface area contributed by atoms with Crippen LogP contribution in [-0.4, -0.2) is 57.8 Å². The number of aryl methyl sites for hydroxylation is 1. The smallest absolute Gasteiger partial charge is 0.261 e. The van der Waals surface area contributed by atoms with Gasteiger partial charge in [0.05, 0.1) is 30.0 Å². The van der Waals surface area contributed by atoms with Crippen molar-refractivity contribution in [1.82, 2.24) is 9.88 Å². The Morgan fingerprint density at radius 1 is 1.15 bits per heavy atom. The van der Waals surface area contributed by atoms with Crippen LogP contribution in [0, 0.1) is 6.92 Å². The number of benzene rings is 1. The first kappa shape index (κ1) is 18.6. The number of anilines is 1. The monoisotopic (exact) mass is 377 g/mol. The fourth-order valence-electron chi connectivity index (χ4n) is 2.56. The van der Waals surface area contributed by atoms with Gasteiger partial charge in [0.25, 0.3) is 10.0 Å². The number of aromatic nitrogens is 1. The van der Waals surface area contributed by atoms with Crippen molar-refractivity contribution in [2.24, 2.45) is 0 Å². The van der Waals surface area contributed by atoms with Crippen LogP contribution in [0.2, 0.25) is 0 Å². The molecule has 0 spiro atoms. The lowest BCUT2D eigenvalue weighted by atomic mass is 10.2. The van der Waals surface area contributed by atoms with Gasteiger partial charge >= 0.3 is 0 Å². The summed E-state index contributed by atoms with van der Waals surface area (Å²) in [6.45, 7) is 6.59. The summed E-state index contributed by atoms with van der Waals surface area (Å²) in [5, 5.41) is 0. The van der Waals surface area contributed by atoms with E-state index in [4.69, 9.17) is 9.47 Å². The number of sulfonamides is 1. The Kier molecular flexibility index (Phi) is 6.08. The van der Waals surface area contributed by atoms with E-state index >= 15 is 0 Å². The number of rotatable bonds is 7. The predicted molar refractivity (Wildman–Crippen MR) is 99.0 cm³/mol. The van der Waals surface area contributed by atoms with Gasteiger partial charge in [0, 0.05) is 25.7 Å². The molecule has 0 unspecified atom stereocenters. The standard InChI is InChI=1S/C18H23N3O4S/c1-15-2-5-17(6-3-15)26(22,23)20-16-4-7-18(19-14-16)25-13-10-21-8-11-24-12-9-21/h2-7,14,20H,8-13H2,1H3. The van der Waals surface area contributed by atoms with Crippen LogP contribution in [0.5, 0.6) is 5.88 Å². The van der Waals surface area contributed by atoms with Crippen molar-refractivity contribution in [1.29, 1.82) is 0 Å². The molecule has 7 nitrogen and oxygen atoms in total. The van der Waals surface area contributed by atoms with E-state index in [2.05, 4.69) is 14.6 Å². The minimum atomic E-state index is -3.62. The number of morpholine rings is 1. The second-order valence-electron chi connectivity index (χ2n) is 6.11. The molecule has 1 aromatic carbocycles. The highest BCUT2D eigenvalue weighted by Gasteiger charge is 2.14. The van der Waals surface area contributed by atoms with E-state index in [1.165, 1.54) is 6.20 Å². The molecule has 26 heavy (non-hydrogen) atoms. The van der Waals surface area contributed by atoms with Crippen LogP contribution in [-0.2, 0) is 14.8 Å². The molecule has 0 aliphatic carbocycles. The largest absolute Gasteiger partial charge is 0.476 e. The lowest BCUT2D eigenvalue weighted by Gasteiger charge is -2.26. The Morgan fingerprint density at radius 3 is 2.54 bits per heavy atom. The van der Waals surface area contributed by atoms with Gasteiger partial charge in [-0.05, 0) is 25.1 Å². The van der Waals surface area contributed by atoms with Crippen molar-refractivity contribution in [3.05, 3.63) is 48.2 Å². The molecule has 1 aromatic heterocycles. The van der Waals surface area contributed by atoms with Gasteiger partial charge in [0.2, 0.25) is 5.88 Å². The maximum atomic E-state index is 12.4. The molecule has 1 fully saturated rings. The first-order chi connectivity index (χ1) is 12.5. The molecule has 140 valence electrons. The van der Waals surface area contributed by atoms with E-state index < -0.39 is 10.0 Å². The summed E-state index contributed by atoms with van der Waals surface area (Å²) in [5.41, 5.74) is 1.40. The molecule has 0 saturated carbocycles. The molecule has 0 atom stereocenters. The Hall–Kier alpha value is -2.16. The minimum absolute atomic E-state index is 0.217. The highest BCUT2D eigenvalue weighted by molar-refractivity contribution is 7.92. The lowest BCUT2D eigenvalue weighted by molar-refractivity contribution is 0.0320. The van der Waals surface area contributed by atoms with Crippen LogP contribution in [0.15, 0.2) is 47.5 Å². The Balaban J connectivity index is 1.53. The highest BCUT2D eigenvalue weighted by atomic mass is 32.2. The van der Waals surface area contributed by atoms with E-state index in [9.17, 15) is 8.42 Å². The number of nitrogens with one attached hydrogen (secondary N) is 1. The number of pyridine rings is 1. The zero-order valence-electron chi connectivity index (χ0n) is 14.7. The molecule has 1 saturated heterocycles. The van der Waals surface area contributed by atoms with E-state index in [1.54, 1.807) is 36.4 Å². The third kappa shape index (κ3) is 5.17. The van der Waals surface area contributed by atoms with Crippen molar-refractivity contribution >= 4 is 15.7 Å². The van der Waals surface area contributed by atoms with Gasteiger partial charge < -0.3 is 9.47 Å². The minimum Gasteiger partial charge on any atom is -0.476 e. The molecule has 1 aliphatic heterocycles.